The van der Waals surface area contributed by atoms with E-state index in [9.17, 15) is 17.2 Å². The zero-order valence-corrected chi connectivity index (χ0v) is 12.8. The molecule has 7 heteroatoms. The lowest BCUT2D eigenvalue weighted by Gasteiger charge is -2.34. The Hall–Kier alpha value is -1.05. The van der Waals surface area contributed by atoms with Gasteiger partial charge in [-0.15, -0.1) is 0 Å². The molecule has 0 spiro atoms. The minimum atomic E-state index is -4.10. The Morgan fingerprint density at radius 2 is 1.95 bits per heavy atom. The monoisotopic (exact) mass is 319 g/mol. The van der Waals surface area contributed by atoms with Gasteiger partial charge in [-0.3, -0.25) is 0 Å². The molecule has 1 fully saturated rings. The first-order valence-electron chi connectivity index (χ1n) is 6.86. The van der Waals surface area contributed by atoms with Gasteiger partial charge in [-0.2, -0.15) is 4.31 Å². The molecule has 2 rings (SSSR count). The molecule has 0 aliphatic carbocycles. The van der Waals surface area contributed by atoms with E-state index < -0.39 is 33.2 Å². The lowest BCUT2D eigenvalue weighted by atomic mass is 9.90. The fourth-order valence-electron chi connectivity index (χ4n) is 2.48. The molecule has 2 unspecified atom stereocenters. The van der Waals surface area contributed by atoms with Crippen molar-refractivity contribution in [1.29, 1.82) is 0 Å². The standard InChI is InChI=1S/C14H19F2NO3S/c1-9-3-4-17(7-10(9)2)21(19,20)13-6-11(8-18)5-12(15)14(13)16/h5-6,9-10,18H,3-4,7-8H2,1-2H3. The van der Waals surface area contributed by atoms with Gasteiger partial charge in [0.15, 0.2) is 11.6 Å². The second kappa shape index (κ2) is 5.98. The van der Waals surface area contributed by atoms with Gasteiger partial charge >= 0.3 is 0 Å². The first-order valence-corrected chi connectivity index (χ1v) is 8.30. The summed E-state index contributed by atoms with van der Waals surface area (Å²) in [7, 11) is -4.10. The zero-order chi connectivity index (χ0) is 15.8. The number of nitrogens with zero attached hydrogens (tertiary/aromatic N) is 1. The molecule has 0 bridgehead atoms. The van der Waals surface area contributed by atoms with E-state index in [0.29, 0.717) is 12.3 Å². The molecule has 0 saturated carbocycles. The topological polar surface area (TPSA) is 57.6 Å². The highest BCUT2D eigenvalue weighted by Gasteiger charge is 2.34. The predicted octanol–water partition coefficient (Wildman–Crippen LogP) is 2.12. The summed E-state index contributed by atoms with van der Waals surface area (Å²) < 4.78 is 53.6. The van der Waals surface area contributed by atoms with Crippen LogP contribution in [0.1, 0.15) is 25.8 Å². The van der Waals surface area contributed by atoms with E-state index in [-0.39, 0.29) is 24.6 Å². The lowest BCUT2D eigenvalue weighted by Crippen LogP contribution is -2.42. The van der Waals surface area contributed by atoms with Crippen LogP contribution in [0.2, 0.25) is 0 Å². The molecular formula is C14H19F2NO3S. The number of aliphatic hydroxyl groups is 1. The summed E-state index contributed by atoms with van der Waals surface area (Å²) in [6.45, 7) is 4.01. The van der Waals surface area contributed by atoms with Gasteiger partial charge in [0.25, 0.3) is 0 Å². The molecule has 1 aromatic rings. The summed E-state index contributed by atoms with van der Waals surface area (Å²) in [5.41, 5.74) is 0.0332. The fraction of sp³-hybridized carbons (Fsp3) is 0.571. The third kappa shape index (κ3) is 3.09. The second-order valence-corrected chi connectivity index (χ2v) is 7.56. The third-order valence-electron chi connectivity index (χ3n) is 4.15. The maximum atomic E-state index is 13.9. The van der Waals surface area contributed by atoms with E-state index in [1.807, 2.05) is 13.8 Å². The quantitative estimate of drug-likeness (QED) is 0.928. The average molecular weight is 319 g/mol. The highest BCUT2D eigenvalue weighted by Crippen LogP contribution is 2.29. The molecule has 1 aromatic carbocycles. The van der Waals surface area contributed by atoms with E-state index in [1.54, 1.807) is 0 Å². The highest BCUT2D eigenvalue weighted by molar-refractivity contribution is 7.89. The molecule has 0 aromatic heterocycles. The average Bonchev–Trinajstić information content (AvgIpc) is 2.44. The van der Waals surface area contributed by atoms with Crippen LogP contribution in [0.25, 0.3) is 0 Å². The lowest BCUT2D eigenvalue weighted by molar-refractivity contribution is 0.212. The number of sulfonamides is 1. The van der Waals surface area contributed by atoms with Crippen molar-refractivity contribution in [1.82, 2.24) is 4.31 Å². The van der Waals surface area contributed by atoms with E-state index in [0.717, 1.165) is 12.1 Å². The minimum absolute atomic E-state index is 0.0332. The first-order chi connectivity index (χ1) is 9.77. The molecule has 1 heterocycles. The van der Waals surface area contributed by atoms with Crippen molar-refractivity contribution in [2.24, 2.45) is 11.8 Å². The van der Waals surface area contributed by atoms with Crippen molar-refractivity contribution in [3.63, 3.8) is 0 Å². The van der Waals surface area contributed by atoms with Crippen molar-refractivity contribution >= 4 is 10.0 Å². The molecule has 1 saturated heterocycles. The number of benzene rings is 1. The van der Waals surface area contributed by atoms with Gasteiger partial charge in [0.2, 0.25) is 10.0 Å². The van der Waals surface area contributed by atoms with E-state index in [4.69, 9.17) is 5.11 Å². The Labute approximate surface area is 123 Å². The SMILES string of the molecule is CC1CCN(S(=O)(=O)c2cc(CO)cc(F)c2F)CC1C. The molecule has 1 aliphatic rings. The van der Waals surface area contributed by atoms with E-state index in [1.165, 1.54) is 4.31 Å². The second-order valence-electron chi connectivity index (χ2n) is 5.65. The highest BCUT2D eigenvalue weighted by atomic mass is 32.2. The molecule has 1 aliphatic heterocycles. The zero-order valence-electron chi connectivity index (χ0n) is 12.0. The summed E-state index contributed by atoms with van der Waals surface area (Å²) in [6, 6.07) is 1.80. The number of piperidine rings is 1. The summed E-state index contributed by atoms with van der Waals surface area (Å²) in [5.74, 6) is -2.11. The van der Waals surface area contributed by atoms with Gasteiger partial charge in [0, 0.05) is 13.1 Å². The molecular weight excluding hydrogens is 300 g/mol. The van der Waals surface area contributed by atoms with Crippen LogP contribution in [0.4, 0.5) is 8.78 Å². The van der Waals surface area contributed by atoms with E-state index in [2.05, 4.69) is 0 Å². The maximum absolute atomic E-state index is 13.9. The van der Waals surface area contributed by atoms with E-state index >= 15 is 0 Å². The normalized spacial score (nSPS) is 24.2. The Morgan fingerprint density at radius 1 is 1.29 bits per heavy atom. The van der Waals surface area contributed by atoms with Crippen molar-refractivity contribution in [3.8, 4) is 0 Å². The number of hydrogen-bond donors (Lipinski definition) is 1. The molecule has 118 valence electrons. The maximum Gasteiger partial charge on any atom is 0.246 e. The molecule has 0 radical (unpaired) electrons. The van der Waals surface area contributed by atoms with Gasteiger partial charge in [-0.1, -0.05) is 13.8 Å². The smallest absolute Gasteiger partial charge is 0.246 e. The Bertz CT molecular complexity index is 633. The summed E-state index contributed by atoms with van der Waals surface area (Å²) in [4.78, 5) is -0.701. The van der Waals surface area contributed by atoms with Crippen LogP contribution >= 0.6 is 0 Å². The number of rotatable bonds is 3. The van der Waals surface area contributed by atoms with Gasteiger partial charge in [-0.25, -0.2) is 17.2 Å². The third-order valence-corrected chi connectivity index (χ3v) is 6.02. The molecule has 2 atom stereocenters. The van der Waals surface area contributed by atoms with Crippen LogP contribution in [-0.2, 0) is 16.6 Å². The van der Waals surface area contributed by atoms with Crippen LogP contribution in [-0.4, -0.2) is 30.9 Å². The molecule has 21 heavy (non-hydrogen) atoms. The van der Waals surface area contributed by atoms with Crippen LogP contribution in [0, 0.1) is 23.5 Å². The largest absolute Gasteiger partial charge is 0.392 e. The number of aliphatic hydroxyl groups excluding tert-OH is 1. The van der Waals surface area contributed by atoms with Gasteiger partial charge in [0.05, 0.1) is 6.61 Å². The van der Waals surface area contributed by atoms with Crippen molar-refractivity contribution in [3.05, 3.63) is 29.3 Å². The summed E-state index contributed by atoms with van der Waals surface area (Å²) >= 11 is 0. The van der Waals surface area contributed by atoms with Crippen molar-refractivity contribution in [2.45, 2.75) is 31.8 Å². The van der Waals surface area contributed by atoms with Crippen molar-refractivity contribution < 1.29 is 22.3 Å². The van der Waals surface area contributed by atoms with Crippen LogP contribution in [0.3, 0.4) is 0 Å². The Morgan fingerprint density at radius 3 is 2.52 bits per heavy atom. The Kier molecular flexibility index (Phi) is 4.65. The molecule has 1 N–H and O–H groups in total. The number of hydrogen-bond acceptors (Lipinski definition) is 3. The van der Waals surface area contributed by atoms with Crippen LogP contribution < -0.4 is 0 Å². The fourth-order valence-corrected chi connectivity index (χ4v) is 4.16. The molecule has 0 amide bonds. The first kappa shape index (κ1) is 16.3. The summed E-state index contributed by atoms with van der Waals surface area (Å²) in [6.07, 6.45) is 0.685. The van der Waals surface area contributed by atoms with Gasteiger partial charge in [0.1, 0.15) is 4.90 Å². The molecule has 4 nitrogen and oxygen atoms in total. The van der Waals surface area contributed by atoms with Crippen LogP contribution in [0.5, 0.6) is 0 Å². The minimum Gasteiger partial charge on any atom is -0.392 e. The van der Waals surface area contributed by atoms with Gasteiger partial charge < -0.3 is 5.11 Å². The number of halogens is 2. The van der Waals surface area contributed by atoms with Crippen molar-refractivity contribution in [2.75, 3.05) is 13.1 Å². The van der Waals surface area contributed by atoms with Gasteiger partial charge in [-0.05, 0) is 36.0 Å². The Balaban J connectivity index is 2.42. The summed E-state index contributed by atoms with van der Waals surface area (Å²) in [5, 5.41) is 9.03. The van der Waals surface area contributed by atoms with Crippen LogP contribution in [0.15, 0.2) is 17.0 Å². The predicted molar refractivity (Wildman–Crippen MR) is 74.0 cm³/mol.